The van der Waals surface area contributed by atoms with Crippen LogP contribution >= 0.6 is 0 Å². The van der Waals surface area contributed by atoms with Crippen molar-refractivity contribution in [3.63, 3.8) is 0 Å². The summed E-state index contributed by atoms with van der Waals surface area (Å²) in [5.74, 6) is -0.632. The Balaban J connectivity index is 1.27. The molecule has 0 spiro atoms. The van der Waals surface area contributed by atoms with Crippen LogP contribution in [0.25, 0.3) is 0 Å². The van der Waals surface area contributed by atoms with E-state index >= 15 is 0 Å². The maximum Gasteiger partial charge on any atom is 0.218 e. The Hall–Kier alpha value is -3.82. The summed E-state index contributed by atoms with van der Waals surface area (Å²) in [4.78, 5) is 4.08. The molecule has 0 saturated carbocycles. The fraction of sp³-hybridized carbons (Fsp3) is 0.281. The van der Waals surface area contributed by atoms with E-state index < -0.39 is 10.0 Å². The number of nitrogens with one attached hydrogen (secondary N) is 1. The van der Waals surface area contributed by atoms with Crippen LogP contribution in [0.2, 0.25) is 0 Å². The average molecular weight is 575 g/mol. The number of allylic oxidation sites excluding steroid dienone is 3. The predicted octanol–water partition coefficient (Wildman–Crippen LogP) is 5.88. The zero-order valence-corrected chi connectivity index (χ0v) is 23.6. The summed E-state index contributed by atoms with van der Waals surface area (Å²) in [5, 5.41) is 1.96. The molecule has 0 saturated heterocycles. The Kier molecular flexibility index (Phi) is 7.48. The highest BCUT2D eigenvalue weighted by molar-refractivity contribution is 7.88. The van der Waals surface area contributed by atoms with Gasteiger partial charge < -0.3 is 5.43 Å². The second-order valence-corrected chi connectivity index (χ2v) is 12.8. The molecule has 2 atom stereocenters. The molecule has 1 aliphatic heterocycles. The number of pyridine rings is 1. The van der Waals surface area contributed by atoms with Crippen molar-refractivity contribution in [2.24, 2.45) is 11.8 Å². The van der Waals surface area contributed by atoms with Crippen molar-refractivity contribution in [2.45, 2.75) is 31.9 Å². The average Bonchev–Trinajstić information content (AvgIpc) is 3.57. The van der Waals surface area contributed by atoms with Gasteiger partial charge in [0, 0.05) is 43.2 Å². The molecule has 212 valence electrons. The van der Waals surface area contributed by atoms with Gasteiger partial charge >= 0.3 is 0 Å². The molecule has 3 aromatic rings. The number of nitrogens with zero attached hydrogens (tertiary/aromatic N) is 3. The number of rotatable bonds is 9. The Morgan fingerprint density at radius 3 is 2.63 bits per heavy atom. The molecule has 41 heavy (non-hydrogen) atoms. The molecular weight excluding hydrogens is 542 g/mol. The van der Waals surface area contributed by atoms with Gasteiger partial charge in [0.25, 0.3) is 0 Å². The lowest BCUT2D eigenvalue weighted by Crippen LogP contribution is -2.38. The molecule has 6 nitrogen and oxygen atoms in total. The molecular formula is C32H32F2N4O2S. The second kappa shape index (κ2) is 11.2. The number of fused-ring (bicyclic) bond motifs is 1. The summed E-state index contributed by atoms with van der Waals surface area (Å²) < 4.78 is 57.0. The van der Waals surface area contributed by atoms with Gasteiger partial charge in [-0.2, -0.15) is 0 Å². The molecule has 0 fully saturated rings. The largest absolute Gasteiger partial charge is 0.301 e. The third kappa shape index (κ3) is 5.56. The summed E-state index contributed by atoms with van der Waals surface area (Å²) in [5.41, 5.74) is 9.92. The van der Waals surface area contributed by atoms with Crippen molar-refractivity contribution in [3.05, 3.63) is 131 Å². The highest BCUT2D eigenvalue weighted by Gasteiger charge is 2.39. The van der Waals surface area contributed by atoms with Crippen molar-refractivity contribution < 1.29 is 17.2 Å². The van der Waals surface area contributed by atoms with E-state index in [0.29, 0.717) is 24.1 Å². The lowest BCUT2D eigenvalue weighted by molar-refractivity contribution is 0.356. The predicted molar refractivity (Wildman–Crippen MR) is 156 cm³/mol. The Morgan fingerprint density at radius 1 is 1.07 bits per heavy atom. The molecule has 9 heteroatoms. The Bertz CT molecular complexity index is 1640. The van der Waals surface area contributed by atoms with Crippen LogP contribution in [0, 0.1) is 23.5 Å². The van der Waals surface area contributed by atoms with E-state index in [1.807, 2.05) is 11.2 Å². The minimum absolute atomic E-state index is 0.0443. The van der Waals surface area contributed by atoms with Gasteiger partial charge in [0.1, 0.15) is 11.6 Å². The standard InChI is InChI=1S/C32H32F2N4O2S/c1-22-29-19-36-38(28-12-10-27(33)11-13-28)31(29)17-25-8-9-26(32(22)25)20-37(16-14-24-6-2-3-7-30(24)34)41(39,40)21-23-5-4-15-35-18-23/h2-7,10-13,15,17-19,22,26,36H,8-9,14,16,20-21H2,1H3/t22-,26+/m0/s1. The van der Waals surface area contributed by atoms with E-state index in [1.165, 1.54) is 29.3 Å². The van der Waals surface area contributed by atoms with Gasteiger partial charge in [0.2, 0.25) is 10.0 Å². The number of benzene rings is 2. The first-order valence-corrected chi connectivity index (χ1v) is 15.5. The molecule has 0 unspecified atom stereocenters. The van der Waals surface area contributed by atoms with Crippen LogP contribution in [-0.4, -0.2) is 30.8 Å². The molecule has 2 heterocycles. The van der Waals surface area contributed by atoms with E-state index in [0.717, 1.165) is 29.8 Å². The highest BCUT2D eigenvalue weighted by Crippen LogP contribution is 2.48. The van der Waals surface area contributed by atoms with E-state index in [9.17, 15) is 17.2 Å². The Labute approximate surface area is 239 Å². The molecule has 2 aromatic carbocycles. The van der Waals surface area contributed by atoms with Gasteiger partial charge in [-0.1, -0.05) is 36.8 Å². The van der Waals surface area contributed by atoms with Crippen LogP contribution in [0.15, 0.2) is 108 Å². The van der Waals surface area contributed by atoms with Crippen LogP contribution < -0.4 is 10.4 Å². The maximum absolute atomic E-state index is 14.4. The smallest absolute Gasteiger partial charge is 0.218 e. The number of sulfonamides is 1. The number of hydrazine groups is 1. The number of halogens is 2. The van der Waals surface area contributed by atoms with Crippen LogP contribution in [0.4, 0.5) is 14.5 Å². The number of aromatic nitrogens is 1. The fourth-order valence-electron chi connectivity index (χ4n) is 6.23. The molecule has 0 radical (unpaired) electrons. The minimum atomic E-state index is -3.70. The third-order valence-electron chi connectivity index (χ3n) is 8.27. The minimum Gasteiger partial charge on any atom is -0.301 e. The maximum atomic E-state index is 14.4. The number of hydrogen-bond acceptors (Lipinski definition) is 5. The Morgan fingerprint density at radius 2 is 1.88 bits per heavy atom. The second-order valence-electron chi connectivity index (χ2n) is 10.8. The zero-order valence-electron chi connectivity index (χ0n) is 22.8. The van der Waals surface area contributed by atoms with Gasteiger partial charge in [0.05, 0.1) is 17.1 Å². The van der Waals surface area contributed by atoms with Crippen molar-refractivity contribution in [2.75, 3.05) is 18.1 Å². The molecule has 0 bridgehead atoms. The van der Waals surface area contributed by atoms with E-state index in [-0.39, 0.29) is 35.8 Å². The molecule has 2 aliphatic carbocycles. The van der Waals surface area contributed by atoms with Crippen LogP contribution in [0.1, 0.15) is 30.9 Å². The topological polar surface area (TPSA) is 65.5 Å². The summed E-state index contributed by atoms with van der Waals surface area (Å²) >= 11 is 0. The lowest BCUT2D eigenvalue weighted by atomic mass is 9.80. The molecule has 6 rings (SSSR count). The van der Waals surface area contributed by atoms with E-state index in [4.69, 9.17) is 0 Å². The zero-order chi connectivity index (χ0) is 28.6. The van der Waals surface area contributed by atoms with Gasteiger partial charge in [-0.3, -0.25) is 9.99 Å². The summed E-state index contributed by atoms with van der Waals surface area (Å²) in [6.07, 6.45) is 9.33. The van der Waals surface area contributed by atoms with E-state index in [1.54, 1.807) is 59.2 Å². The lowest BCUT2D eigenvalue weighted by Gasteiger charge is -2.32. The first-order valence-electron chi connectivity index (χ1n) is 13.9. The van der Waals surface area contributed by atoms with E-state index in [2.05, 4.69) is 23.4 Å². The number of hydrogen-bond donors (Lipinski definition) is 1. The van der Waals surface area contributed by atoms with Gasteiger partial charge in [-0.15, -0.1) is 0 Å². The summed E-state index contributed by atoms with van der Waals surface area (Å²) in [6.45, 7) is 2.70. The first kappa shape index (κ1) is 27.4. The molecule has 3 aliphatic rings. The van der Waals surface area contributed by atoms with Crippen LogP contribution in [0.3, 0.4) is 0 Å². The van der Waals surface area contributed by atoms with Crippen LogP contribution in [0.5, 0.6) is 0 Å². The molecule has 1 N–H and O–H groups in total. The first-order chi connectivity index (χ1) is 19.8. The van der Waals surface area contributed by atoms with Crippen molar-refractivity contribution in [1.82, 2.24) is 14.7 Å². The van der Waals surface area contributed by atoms with Gasteiger partial charge in [0.15, 0.2) is 0 Å². The van der Waals surface area contributed by atoms with Crippen molar-refractivity contribution in [3.8, 4) is 0 Å². The van der Waals surface area contributed by atoms with Gasteiger partial charge in [-0.05, 0) is 84.4 Å². The van der Waals surface area contributed by atoms with Crippen molar-refractivity contribution in [1.29, 1.82) is 0 Å². The third-order valence-corrected chi connectivity index (χ3v) is 10.1. The highest BCUT2D eigenvalue weighted by atomic mass is 32.2. The summed E-state index contributed by atoms with van der Waals surface area (Å²) in [6, 6.07) is 16.4. The monoisotopic (exact) mass is 574 g/mol. The normalized spacial score (nSPS) is 20.0. The fourth-order valence-corrected chi connectivity index (χ4v) is 7.78. The quantitative estimate of drug-likeness (QED) is 0.346. The van der Waals surface area contributed by atoms with Crippen LogP contribution in [-0.2, 0) is 22.2 Å². The number of anilines is 1. The molecule has 0 amide bonds. The van der Waals surface area contributed by atoms with Gasteiger partial charge in [-0.25, -0.2) is 21.5 Å². The summed E-state index contributed by atoms with van der Waals surface area (Å²) in [7, 11) is -3.70. The van der Waals surface area contributed by atoms with Crippen molar-refractivity contribution >= 4 is 15.7 Å². The molecule has 1 aromatic heterocycles. The SMILES string of the molecule is C[C@H]1C2=CNN(c3ccc(F)cc3)C2=CC2=C1[C@@H](CN(CCc1ccccc1F)S(=O)(=O)Cc1cccnc1)CC2.